The predicted molar refractivity (Wildman–Crippen MR) is 146 cm³/mol. The predicted octanol–water partition coefficient (Wildman–Crippen LogP) is 5.23. The fraction of sp³-hybridized carbons (Fsp3) is 0.310. The lowest BCUT2D eigenvalue weighted by atomic mass is 10.1. The van der Waals surface area contributed by atoms with Crippen LogP contribution in [0, 0.1) is 5.92 Å². The van der Waals surface area contributed by atoms with Gasteiger partial charge in [0.05, 0.1) is 12.8 Å². The summed E-state index contributed by atoms with van der Waals surface area (Å²) in [5.41, 5.74) is 2.76. The van der Waals surface area contributed by atoms with Gasteiger partial charge >= 0.3 is 12.1 Å². The fourth-order valence-electron chi connectivity index (χ4n) is 4.65. The molecule has 1 aliphatic carbocycles. The number of nitrogens with one attached hydrogen (secondary N) is 2. The van der Waals surface area contributed by atoms with Crippen molar-refractivity contribution in [2.75, 3.05) is 25.6 Å². The van der Waals surface area contributed by atoms with Gasteiger partial charge in [0.15, 0.2) is 11.5 Å². The van der Waals surface area contributed by atoms with E-state index in [1.165, 1.54) is 7.11 Å². The third-order valence-electron chi connectivity index (χ3n) is 6.52. The Morgan fingerprint density at radius 1 is 1.08 bits per heavy atom. The van der Waals surface area contributed by atoms with Crippen LogP contribution in [0.15, 0.2) is 65.7 Å². The van der Waals surface area contributed by atoms with Crippen LogP contribution in [0.1, 0.15) is 24.8 Å². The summed E-state index contributed by atoms with van der Waals surface area (Å²) in [7, 11) is 1.52. The maximum atomic E-state index is 12.8. The molecule has 2 heterocycles. The number of methoxy groups -OCH3 is 1. The van der Waals surface area contributed by atoms with E-state index in [9.17, 15) is 9.59 Å². The number of para-hydroxylation sites is 1. The number of urea groups is 1. The first-order valence-electron chi connectivity index (χ1n) is 12.8. The highest BCUT2D eigenvalue weighted by Gasteiger charge is 2.25. The molecule has 10 heteroatoms. The molecule has 10 nitrogen and oxygen atoms in total. The molecule has 1 unspecified atom stereocenters. The molecule has 2 atom stereocenters. The van der Waals surface area contributed by atoms with Crippen molar-refractivity contribution in [3.63, 3.8) is 0 Å². The highest BCUT2D eigenvalue weighted by Crippen LogP contribution is 2.40. The van der Waals surface area contributed by atoms with Gasteiger partial charge in [0.1, 0.15) is 19.8 Å². The van der Waals surface area contributed by atoms with Gasteiger partial charge in [-0.2, -0.15) is 4.99 Å². The average Bonchev–Trinajstić information content (AvgIpc) is 3.41. The van der Waals surface area contributed by atoms with Crippen molar-refractivity contribution >= 4 is 24.0 Å². The van der Waals surface area contributed by atoms with Crippen LogP contribution in [-0.2, 0) is 11.3 Å². The Balaban J connectivity index is 1.15. The summed E-state index contributed by atoms with van der Waals surface area (Å²) in [5.74, 6) is 1.70. The standard InChI is InChI=1S/C29H30N4O6/c1-36-26-16-22(15-24(33-26)23-8-5-9-25-27(23)38-13-12-37-25)32-28(34)31-21-11-10-20(14-21)17-30-29(35)39-18-19-6-3-2-4-7-19/h2-9,15-17,20-21H,10-14,18H2,1H3,(H2,31,32,33,34)/t20?,21-/m1/s1. The summed E-state index contributed by atoms with van der Waals surface area (Å²) in [6.07, 6.45) is 3.28. The fourth-order valence-corrected chi connectivity index (χ4v) is 4.65. The van der Waals surface area contributed by atoms with Crippen LogP contribution in [0.2, 0.25) is 0 Å². The first kappa shape index (κ1) is 26.0. The molecule has 0 saturated heterocycles. The zero-order valence-electron chi connectivity index (χ0n) is 21.6. The molecule has 1 aromatic heterocycles. The van der Waals surface area contributed by atoms with Crippen molar-refractivity contribution in [3.05, 3.63) is 66.2 Å². The second kappa shape index (κ2) is 12.3. The Kier molecular flexibility index (Phi) is 8.20. The van der Waals surface area contributed by atoms with Crippen molar-refractivity contribution in [1.29, 1.82) is 0 Å². The maximum Gasteiger partial charge on any atom is 0.433 e. The third-order valence-corrected chi connectivity index (χ3v) is 6.52. The number of carbonyl (C=O) groups is 2. The Labute approximate surface area is 226 Å². The van der Waals surface area contributed by atoms with Crippen LogP contribution < -0.4 is 24.8 Å². The highest BCUT2D eigenvalue weighted by molar-refractivity contribution is 5.90. The molecular formula is C29H30N4O6. The van der Waals surface area contributed by atoms with Gasteiger partial charge in [0.2, 0.25) is 5.88 Å². The van der Waals surface area contributed by atoms with Gasteiger partial charge in [-0.25, -0.2) is 14.6 Å². The smallest absolute Gasteiger partial charge is 0.433 e. The number of amides is 3. The second-order valence-corrected chi connectivity index (χ2v) is 9.30. The van der Waals surface area contributed by atoms with Gasteiger partial charge in [-0.05, 0) is 48.9 Å². The van der Waals surface area contributed by atoms with E-state index in [4.69, 9.17) is 18.9 Å². The number of fused-ring (bicyclic) bond motifs is 1. The molecule has 1 saturated carbocycles. The first-order valence-corrected chi connectivity index (χ1v) is 12.8. The van der Waals surface area contributed by atoms with Crippen LogP contribution >= 0.6 is 0 Å². The number of nitrogens with zero attached hydrogens (tertiary/aromatic N) is 2. The minimum Gasteiger partial charge on any atom is -0.486 e. The molecule has 1 fully saturated rings. The Morgan fingerprint density at radius 2 is 1.92 bits per heavy atom. The van der Waals surface area contributed by atoms with E-state index in [1.54, 1.807) is 18.3 Å². The third kappa shape index (κ3) is 6.84. The van der Waals surface area contributed by atoms with Gasteiger partial charge in [-0.1, -0.05) is 36.4 Å². The van der Waals surface area contributed by atoms with E-state index < -0.39 is 6.09 Å². The normalized spacial score (nSPS) is 18.0. The summed E-state index contributed by atoms with van der Waals surface area (Å²) in [6, 6.07) is 18.1. The number of pyridine rings is 1. The number of aliphatic imine (C=N–C) groups is 1. The lowest BCUT2D eigenvalue weighted by Gasteiger charge is -2.21. The Bertz CT molecular complexity index is 1350. The van der Waals surface area contributed by atoms with E-state index >= 15 is 0 Å². The number of ether oxygens (including phenoxy) is 4. The molecule has 0 bridgehead atoms. The van der Waals surface area contributed by atoms with Gasteiger partial charge < -0.3 is 29.6 Å². The topological polar surface area (TPSA) is 120 Å². The van der Waals surface area contributed by atoms with E-state index in [0.29, 0.717) is 48.4 Å². The zero-order chi connectivity index (χ0) is 27.0. The van der Waals surface area contributed by atoms with Crippen molar-refractivity contribution in [3.8, 4) is 28.6 Å². The number of aromatic nitrogens is 1. The molecule has 2 aliphatic rings. The first-order chi connectivity index (χ1) is 19.1. The number of rotatable bonds is 7. The summed E-state index contributed by atoms with van der Waals surface area (Å²) in [4.78, 5) is 33.2. The molecule has 202 valence electrons. The van der Waals surface area contributed by atoms with Gasteiger partial charge in [-0.3, -0.25) is 0 Å². The van der Waals surface area contributed by atoms with Crippen LogP contribution in [-0.4, -0.2) is 49.7 Å². The van der Waals surface area contributed by atoms with Crippen LogP contribution in [0.5, 0.6) is 17.4 Å². The summed E-state index contributed by atoms with van der Waals surface area (Å²) in [6.45, 7) is 1.12. The molecule has 5 rings (SSSR count). The SMILES string of the molecule is COc1cc(NC(=O)N[C@@H]2CCC(C=NC(=O)OCc3ccccc3)C2)cc(-c2cccc3c2OCCO3)n1. The number of carbonyl (C=O) groups excluding carboxylic acids is 2. The quantitative estimate of drug-likeness (QED) is 0.402. The largest absolute Gasteiger partial charge is 0.486 e. The molecular weight excluding hydrogens is 500 g/mol. The van der Waals surface area contributed by atoms with Crippen molar-refractivity contribution in [2.24, 2.45) is 10.9 Å². The minimum absolute atomic E-state index is 0.0447. The monoisotopic (exact) mass is 530 g/mol. The zero-order valence-corrected chi connectivity index (χ0v) is 21.6. The number of hydrogen-bond donors (Lipinski definition) is 2. The van der Waals surface area contributed by atoms with Gasteiger partial charge in [0.25, 0.3) is 0 Å². The minimum atomic E-state index is -0.618. The van der Waals surface area contributed by atoms with E-state index in [1.807, 2.05) is 48.5 Å². The Morgan fingerprint density at radius 3 is 2.77 bits per heavy atom. The van der Waals surface area contributed by atoms with Gasteiger partial charge in [0, 0.05) is 29.6 Å². The molecule has 2 N–H and O–H groups in total. The van der Waals surface area contributed by atoms with E-state index in [-0.39, 0.29) is 24.6 Å². The van der Waals surface area contributed by atoms with E-state index in [0.717, 1.165) is 24.0 Å². The Hall–Kier alpha value is -4.60. The number of anilines is 1. The molecule has 1 aliphatic heterocycles. The lowest BCUT2D eigenvalue weighted by Crippen LogP contribution is -2.36. The van der Waals surface area contributed by atoms with Crippen LogP contribution in [0.3, 0.4) is 0 Å². The number of hydrogen-bond acceptors (Lipinski definition) is 7. The molecule has 0 radical (unpaired) electrons. The second-order valence-electron chi connectivity index (χ2n) is 9.30. The molecule has 2 aromatic carbocycles. The summed E-state index contributed by atoms with van der Waals surface area (Å²) >= 11 is 0. The lowest BCUT2D eigenvalue weighted by molar-refractivity contribution is 0.151. The average molecular weight is 531 g/mol. The van der Waals surface area contributed by atoms with E-state index in [2.05, 4.69) is 20.6 Å². The highest BCUT2D eigenvalue weighted by atomic mass is 16.6. The molecule has 0 spiro atoms. The number of benzene rings is 2. The maximum absolute atomic E-state index is 12.8. The molecule has 39 heavy (non-hydrogen) atoms. The molecule has 3 amide bonds. The van der Waals surface area contributed by atoms with Crippen molar-refractivity contribution in [1.82, 2.24) is 10.3 Å². The van der Waals surface area contributed by atoms with Crippen molar-refractivity contribution < 1.29 is 28.5 Å². The van der Waals surface area contributed by atoms with Crippen LogP contribution in [0.4, 0.5) is 15.3 Å². The summed E-state index contributed by atoms with van der Waals surface area (Å²) in [5, 5.41) is 5.89. The summed E-state index contributed by atoms with van der Waals surface area (Å²) < 4.78 is 22.1. The van der Waals surface area contributed by atoms with Crippen LogP contribution in [0.25, 0.3) is 11.3 Å². The molecule has 3 aromatic rings. The van der Waals surface area contributed by atoms with Gasteiger partial charge in [-0.15, -0.1) is 0 Å². The van der Waals surface area contributed by atoms with Crippen molar-refractivity contribution in [2.45, 2.75) is 31.9 Å².